The molecule has 3 aliphatic rings. The molecule has 15 heteroatoms. The van der Waals surface area contributed by atoms with Crippen LogP contribution in [-0.2, 0) is 39.8 Å². The fourth-order valence-corrected chi connectivity index (χ4v) is 9.58. The van der Waals surface area contributed by atoms with E-state index in [4.69, 9.17) is 43.8 Å². The van der Waals surface area contributed by atoms with Crippen LogP contribution in [0.5, 0.6) is 0 Å². The molecule has 0 aliphatic heterocycles. The van der Waals surface area contributed by atoms with Gasteiger partial charge in [0.1, 0.15) is 0 Å². The van der Waals surface area contributed by atoms with Gasteiger partial charge in [-0.1, -0.05) is 170 Å². The molecule has 2 atom stereocenters. The molecule has 1 aromatic carbocycles. The number of carbonyl (C=O) groups is 6. The Morgan fingerprint density at radius 2 is 1.22 bits per heavy atom. The molecule has 0 aromatic heterocycles. The van der Waals surface area contributed by atoms with Crippen LogP contribution in [0.15, 0.2) is 47.6 Å². The predicted molar refractivity (Wildman–Crippen MR) is 293 cm³/mol. The number of nitrogens with zero attached hydrogens (tertiary/aromatic N) is 2. The van der Waals surface area contributed by atoms with E-state index < -0.39 is 30.9 Å². The van der Waals surface area contributed by atoms with Crippen molar-refractivity contribution in [2.45, 2.75) is 212 Å². The number of alkyl halides is 1. The molecule has 412 valence electrons. The highest BCUT2D eigenvalue weighted by atomic mass is 35.5. The molecule has 4 amide bonds. The molecule has 3 aliphatic carbocycles. The molecule has 14 nitrogen and oxygen atoms in total. The number of carbonyl (C=O) groups excluding carboxylic acids is 5. The minimum absolute atomic E-state index is 0.00651. The normalized spacial score (nSPS) is 14.8. The van der Waals surface area contributed by atoms with Gasteiger partial charge in [0.15, 0.2) is 6.07 Å². The molecule has 0 saturated heterocycles. The number of fused-ring (bicyclic) bond motifs is 2. The lowest BCUT2D eigenvalue weighted by atomic mass is 9.98. The van der Waals surface area contributed by atoms with Crippen molar-refractivity contribution in [3.63, 3.8) is 0 Å². The summed E-state index contributed by atoms with van der Waals surface area (Å²) in [6, 6.07) is 7.84. The lowest BCUT2D eigenvalue weighted by molar-refractivity contribution is -0.152. The van der Waals surface area contributed by atoms with Crippen molar-refractivity contribution >= 4 is 48.0 Å². The molecule has 1 saturated carbocycles. The largest absolute Gasteiger partial charge is 0.481 e. The Labute approximate surface area is 448 Å². The number of carboxylic acid groups (broad SMARTS) is 1. The standard InChI is InChI=1S/C38H62N2O5.C14H14ClNO2.C7H13NO3/c1-3-5-6-7-8-9-10-11-12-13-14-15-16-17-19-26-36(41)39-30-23-18-20-27-37(42)44-32-45-38(43)40(31-4-2)35-29-28-33-24-21-22-25-34(33)35;1-2-9-16(14(17)18-10-15)13-8-7-11-5-3-4-6-12(11)13;9-6-8-5-3-1-2-4-7(10)11/h2,24-25,35H,3,5-23,26-32H2,1H3,(H,39,41);1,3-6,13H,7-10H2;6H,1-5H2,(H,8,9)(H,10,11)/t35-;13-;/m11./s1. The van der Waals surface area contributed by atoms with Gasteiger partial charge in [-0.15, -0.1) is 12.8 Å². The van der Waals surface area contributed by atoms with E-state index in [0.717, 1.165) is 82.6 Å². The van der Waals surface area contributed by atoms with Crippen LogP contribution < -0.4 is 10.6 Å². The first kappa shape index (κ1) is 64.6. The summed E-state index contributed by atoms with van der Waals surface area (Å²) < 4.78 is 15.2. The number of terminal acetylenes is 2. The van der Waals surface area contributed by atoms with Crippen molar-refractivity contribution < 1.29 is 48.1 Å². The lowest BCUT2D eigenvalue weighted by Crippen LogP contribution is -2.41. The summed E-state index contributed by atoms with van der Waals surface area (Å²) in [5, 5.41) is 13.7. The molecule has 0 radical (unpaired) electrons. The number of esters is 1. The van der Waals surface area contributed by atoms with E-state index in [1.54, 1.807) is 9.80 Å². The first-order valence-electron chi connectivity index (χ1n) is 27.7. The molecule has 0 spiro atoms. The molecule has 1 fully saturated rings. The second-order valence-electron chi connectivity index (χ2n) is 19.1. The summed E-state index contributed by atoms with van der Waals surface area (Å²) in [5.74, 6) is 4.01. The number of unbranched alkanes of at least 4 members (excludes halogenated alkanes) is 18. The highest BCUT2D eigenvalue weighted by molar-refractivity contribution is 6.17. The van der Waals surface area contributed by atoms with Crippen molar-refractivity contribution in [1.82, 2.24) is 20.4 Å². The van der Waals surface area contributed by atoms with E-state index in [0.29, 0.717) is 38.8 Å². The second-order valence-corrected chi connectivity index (χ2v) is 19.4. The van der Waals surface area contributed by atoms with Gasteiger partial charge in [-0.3, -0.25) is 29.0 Å². The third-order valence-corrected chi connectivity index (χ3v) is 13.6. The Hall–Kier alpha value is -5.47. The number of carboxylic acids is 1. The summed E-state index contributed by atoms with van der Waals surface area (Å²) in [4.78, 5) is 71.6. The zero-order valence-corrected chi connectivity index (χ0v) is 45.5. The number of halogens is 1. The first-order valence-corrected chi connectivity index (χ1v) is 28.2. The highest BCUT2D eigenvalue weighted by Crippen LogP contribution is 2.38. The van der Waals surface area contributed by atoms with Crippen LogP contribution in [0.2, 0.25) is 0 Å². The molecule has 0 heterocycles. The first-order chi connectivity index (χ1) is 36.1. The topological polar surface area (TPSA) is 181 Å². The Balaban J connectivity index is 0.000000521. The third-order valence-electron chi connectivity index (χ3n) is 13.4. The van der Waals surface area contributed by atoms with Gasteiger partial charge in [0.05, 0.1) is 25.2 Å². The van der Waals surface area contributed by atoms with Crippen LogP contribution >= 0.6 is 11.6 Å². The number of allylic oxidation sites excluding steroid dienone is 2. The van der Waals surface area contributed by atoms with Crippen molar-refractivity contribution in [3.8, 4) is 24.7 Å². The fourth-order valence-electron chi connectivity index (χ4n) is 9.49. The summed E-state index contributed by atoms with van der Waals surface area (Å²) in [6.45, 7) is 3.51. The number of ether oxygens (including phenoxy) is 3. The average molecular weight is 1050 g/mol. The van der Waals surface area contributed by atoms with Crippen molar-refractivity contribution in [2.24, 2.45) is 0 Å². The van der Waals surface area contributed by atoms with Crippen molar-refractivity contribution in [2.75, 3.05) is 39.0 Å². The molecule has 74 heavy (non-hydrogen) atoms. The summed E-state index contributed by atoms with van der Waals surface area (Å²) in [7, 11) is 0. The van der Waals surface area contributed by atoms with E-state index in [1.165, 1.54) is 100 Å². The quantitative estimate of drug-likeness (QED) is 0.0146. The molecule has 4 rings (SSSR count). The highest BCUT2D eigenvalue weighted by Gasteiger charge is 2.34. The second kappa shape index (κ2) is 42.8. The van der Waals surface area contributed by atoms with E-state index >= 15 is 0 Å². The van der Waals surface area contributed by atoms with E-state index in [1.807, 2.05) is 18.2 Å². The average Bonchev–Trinajstić information content (AvgIpc) is 4.03. The van der Waals surface area contributed by atoms with Crippen LogP contribution in [-0.4, -0.2) is 96.4 Å². The molecular weight excluding hydrogens is 960 g/mol. The Bertz CT molecular complexity index is 1930. The maximum atomic E-state index is 12.7. The van der Waals surface area contributed by atoms with Gasteiger partial charge < -0.3 is 30.0 Å². The molecule has 3 N–H and O–H groups in total. The monoisotopic (exact) mass is 1050 g/mol. The van der Waals surface area contributed by atoms with Crippen LogP contribution in [0.1, 0.15) is 210 Å². The summed E-state index contributed by atoms with van der Waals surface area (Å²) >= 11 is 5.43. The van der Waals surface area contributed by atoms with E-state index in [9.17, 15) is 28.8 Å². The number of benzene rings is 1. The Morgan fingerprint density at radius 3 is 1.84 bits per heavy atom. The number of rotatable bonds is 36. The van der Waals surface area contributed by atoms with E-state index in [-0.39, 0.29) is 50.0 Å². The molecular formula is C59H89ClN4O10. The number of nitrogens with one attached hydrogen (secondary N) is 2. The van der Waals surface area contributed by atoms with Crippen LogP contribution in [0.4, 0.5) is 9.59 Å². The Morgan fingerprint density at radius 1 is 0.676 bits per heavy atom. The summed E-state index contributed by atoms with van der Waals surface area (Å²) in [6.07, 6.45) is 46.1. The van der Waals surface area contributed by atoms with Gasteiger partial charge in [0.25, 0.3) is 0 Å². The van der Waals surface area contributed by atoms with Gasteiger partial charge in [0.2, 0.25) is 19.1 Å². The van der Waals surface area contributed by atoms with Crippen molar-refractivity contribution in [3.05, 3.63) is 58.7 Å². The van der Waals surface area contributed by atoms with Gasteiger partial charge in [0, 0.05) is 32.4 Å². The van der Waals surface area contributed by atoms with Gasteiger partial charge in [-0.2, -0.15) is 0 Å². The fraction of sp³-hybridized carbons (Fsp3) is 0.661. The number of aryl methyl sites for hydroxylation is 1. The minimum Gasteiger partial charge on any atom is -0.481 e. The minimum atomic E-state index is -0.756. The number of aliphatic carboxylic acids is 1. The third kappa shape index (κ3) is 28.8. The van der Waals surface area contributed by atoms with Gasteiger partial charge in [-0.25, -0.2) is 9.59 Å². The van der Waals surface area contributed by atoms with Crippen LogP contribution in [0.25, 0.3) is 0 Å². The zero-order valence-electron chi connectivity index (χ0n) is 44.7. The Kier molecular flexibility index (Phi) is 37.4. The van der Waals surface area contributed by atoms with E-state index in [2.05, 4.69) is 47.6 Å². The molecule has 1 aromatic rings. The van der Waals surface area contributed by atoms with Crippen molar-refractivity contribution in [1.29, 1.82) is 0 Å². The SMILES string of the molecule is C#CCN(C(=O)OCCl)[C@@H]1CCc2ccccc21.C#CCN(C(=O)OCOC(=O)CCCCCNC(=O)CCCCCCCCCCCCCCCCC)[C@@H]1CCC2=CCCC=C21.O=CNCCCCCC(=O)O. The smallest absolute Gasteiger partial charge is 0.413 e. The van der Waals surface area contributed by atoms with Crippen LogP contribution in [0.3, 0.4) is 0 Å². The maximum Gasteiger partial charge on any atom is 0.413 e. The predicted octanol–water partition coefficient (Wildman–Crippen LogP) is 12.6. The maximum absolute atomic E-state index is 12.7. The van der Waals surface area contributed by atoms with Gasteiger partial charge in [-0.05, 0) is 92.9 Å². The molecule has 0 unspecified atom stereocenters. The van der Waals surface area contributed by atoms with Gasteiger partial charge >= 0.3 is 24.1 Å². The van der Waals surface area contributed by atoms with Crippen LogP contribution in [0, 0.1) is 24.7 Å². The summed E-state index contributed by atoms with van der Waals surface area (Å²) in [5.41, 5.74) is 4.89. The lowest BCUT2D eigenvalue weighted by Gasteiger charge is -2.28. The molecule has 0 bridgehead atoms. The zero-order chi connectivity index (χ0) is 53.9. The number of amides is 4. The number of hydrogen-bond acceptors (Lipinski definition) is 9. The number of hydrogen-bond donors (Lipinski definition) is 3.